The summed E-state index contributed by atoms with van der Waals surface area (Å²) in [4.78, 5) is 11.9. The molecule has 0 amide bonds. The van der Waals surface area contributed by atoms with E-state index in [1.165, 1.54) is 12.0 Å². The summed E-state index contributed by atoms with van der Waals surface area (Å²) in [7, 11) is 1.65. The molecule has 0 saturated heterocycles. The van der Waals surface area contributed by atoms with Crippen LogP contribution in [-0.2, 0) is 19.8 Å². The van der Waals surface area contributed by atoms with Crippen LogP contribution in [0.1, 0.15) is 69.0 Å². The van der Waals surface area contributed by atoms with E-state index in [0.29, 0.717) is 38.0 Å². The molecule has 0 aliphatic heterocycles. The van der Waals surface area contributed by atoms with E-state index in [-0.39, 0.29) is 18.8 Å². The zero-order chi connectivity index (χ0) is 28.0. The number of ether oxygens (including phenoxy) is 4. The molecule has 2 fully saturated rings. The third-order valence-corrected chi connectivity index (χ3v) is 8.08. The van der Waals surface area contributed by atoms with E-state index >= 15 is 0 Å². The minimum atomic E-state index is -1.04. The van der Waals surface area contributed by atoms with Gasteiger partial charge in [-0.15, -0.1) is 0 Å². The monoisotopic (exact) mass is 548 g/mol. The minimum Gasteiger partial charge on any atom is -0.497 e. The molecule has 8 nitrogen and oxygen atoms in total. The molecule has 8 heteroatoms. The van der Waals surface area contributed by atoms with E-state index in [2.05, 4.69) is 31.2 Å². The fourth-order valence-electron chi connectivity index (χ4n) is 5.64. The average molecular weight is 549 g/mol. The zero-order valence-electron chi connectivity index (χ0n) is 23.5. The van der Waals surface area contributed by atoms with E-state index in [1.54, 1.807) is 7.11 Å². The molecule has 3 aromatic rings. The van der Waals surface area contributed by atoms with Crippen molar-refractivity contribution in [2.45, 2.75) is 82.5 Å². The molecule has 214 valence electrons. The van der Waals surface area contributed by atoms with Crippen LogP contribution in [0.25, 0.3) is 16.9 Å². The molecular formula is C32H40N2O6. The normalized spacial score (nSPS) is 21.6. The van der Waals surface area contributed by atoms with Crippen LogP contribution in [0.4, 0.5) is 4.79 Å². The quantitative estimate of drug-likeness (QED) is 0.241. The molecule has 1 heterocycles. The standard InChI is InChI=1S/C32H40N2O6/c1-23-8-10-24(11-9-23)29-22-30(33-34(29)25-12-14-26(37-2)15-13-25)32(36)18-16-27(17-19-32)38-20-21-39-31(35)40-28-6-4-3-5-7-28/h8-15,22,27-28,36H,3-7,16-21H2,1-2H3. The number of aromatic nitrogens is 2. The highest BCUT2D eigenvalue weighted by Crippen LogP contribution is 2.39. The Balaban J connectivity index is 1.19. The zero-order valence-corrected chi connectivity index (χ0v) is 23.5. The highest BCUT2D eigenvalue weighted by atomic mass is 16.7. The molecule has 2 aromatic carbocycles. The Kier molecular flexibility index (Phi) is 9.07. The number of hydrogen-bond acceptors (Lipinski definition) is 7. The Morgan fingerprint density at radius 2 is 1.65 bits per heavy atom. The SMILES string of the molecule is COc1ccc(-n2nc(C3(O)CCC(OCCOC(=O)OC4CCCCC4)CC3)cc2-c2ccc(C)cc2)cc1. The van der Waals surface area contributed by atoms with Crippen LogP contribution < -0.4 is 4.74 Å². The third-order valence-electron chi connectivity index (χ3n) is 8.08. The Morgan fingerprint density at radius 3 is 2.33 bits per heavy atom. The molecule has 1 aromatic heterocycles. The summed E-state index contributed by atoms with van der Waals surface area (Å²) < 4.78 is 23.8. The summed E-state index contributed by atoms with van der Waals surface area (Å²) in [5, 5.41) is 16.6. The van der Waals surface area contributed by atoms with Gasteiger partial charge in [-0.05, 0) is 88.6 Å². The summed E-state index contributed by atoms with van der Waals surface area (Å²) in [5.41, 5.74) is 3.64. The Bertz CT molecular complexity index is 1240. The van der Waals surface area contributed by atoms with E-state index in [4.69, 9.17) is 24.0 Å². The van der Waals surface area contributed by atoms with Gasteiger partial charge in [0.1, 0.15) is 24.1 Å². The van der Waals surface area contributed by atoms with Gasteiger partial charge in [-0.2, -0.15) is 5.10 Å². The van der Waals surface area contributed by atoms with Gasteiger partial charge in [-0.1, -0.05) is 36.2 Å². The second-order valence-electron chi connectivity index (χ2n) is 11.0. The second-order valence-corrected chi connectivity index (χ2v) is 11.0. The molecule has 0 radical (unpaired) electrons. The van der Waals surface area contributed by atoms with Crippen LogP contribution >= 0.6 is 0 Å². The van der Waals surface area contributed by atoms with Crippen LogP contribution in [-0.4, -0.2) is 53.6 Å². The fourth-order valence-corrected chi connectivity index (χ4v) is 5.64. The number of carbonyl (C=O) groups excluding carboxylic acids is 1. The predicted octanol–water partition coefficient (Wildman–Crippen LogP) is 6.49. The van der Waals surface area contributed by atoms with E-state index in [0.717, 1.165) is 48.4 Å². The summed E-state index contributed by atoms with van der Waals surface area (Å²) in [5.74, 6) is 0.775. The molecule has 40 heavy (non-hydrogen) atoms. The number of benzene rings is 2. The Labute approximate surface area is 236 Å². The first-order valence-electron chi connectivity index (χ1n) is 14.4. The van der Waals surface area contributed by atoms with Crippen molar-refractivity contribution in [3.8, 4) is 22.7 Å². The number of aryl methyl sites for hydroxylation is 1. The van der Waals surface area contributed by atoms with Crippen molar-refractivity contribution in [1.29, 1.82) is 0 Å². The van der Waals surface area contributed by atoms with Crippen molar-refractivity contribution in [3.05, 3.63) is 65.9 Å². The number of hydrogen-bond donors (Lipinski definition) is 1. The van der Waals surface area contributed by atoms with Gasteiger partial charge in [-0.3, -0.25) is 0 Å². The average Bonchev–Trinajstić information content (AvgIpc) is 3.44. The summed E-state index contributed by atoms with van der Waals surface area (Å²) in [6, 6.07) is 18.1. The molecule has 5 rings (SSSR count). The summed E-state index contributed by atoms with van der Waals surface area (Å²) >= 11 is 0. The summed E-state index contributed by atoms with van der Waals surface area (Å²) in [6.07, 6.45) is 7.08. The lowest BCUT2D eigenvalue weighted by Crippen LogP contribution is -2.35. The predicted molar refractivity (Wildman–Crippen MR) is 152 cm³/mol. The second kappa shape index (κ2) is 12.9. The van der Waals surface area contributed by atoms with Crippen LogP contribution in [0.3, 0.4) is 0 Å². The van der Waals surface area contributed by atoms with E-state index in [9.17, 15) is 9.90 Å². The van der Waals surface area contributed by atoms with Crippen molar-refractivity contribution in [2.24, 2.45) is 0 Å². The van der Waals surface area contributed by atoms with E-state index < -0.39 is 11.8 Å². The van der Waals surface area contributed by atoms with Crippen molar-refractivity contribution in [1.82, 2.24) is 9.78 Å². The van der Waals surface area contributed by atoms with Gasteiger partial charge in [0.15, 0.2) is 0 Å². The van der Waals surface area contributed by atoms with Crippen LogP contribution in [0.5, 0.6) is 5.75 Å². The first kappa shape index (κ1) is 28.2. The Morgan fingerprint density at radius 1 is 0.950 bits per heavy atom. The molecule has 2 aliphatic rings. The molecule has 1 N–H and O–H groups in total. The number of nitrogens with zero attached hydrogens (tertiary/aromatic N) is 2. The molecule has 2 saturated carbocycles. The molecule has 0 atom stereocenters. The van der Waals surface area contributed by atoms with Crippen LogP contribution in [0.2, 0.25) is 0 Å². The molecule has 0 bridgehead atoms. The highest BCUT2D eigenvalue weighted by molar-refractivity contribution is 5.63. The van der Waals surface area contributed by atoms with Gasteiger partial charge in [-0.25, -0.2) is 9.48 Å². The van der Waals surface area contributed by atoms with E-state index in [1.807, 2.05) is 35.0 Å². The lowest BCUT2D eigenvalue weighted by molar-refractivity contribution is -0.0709. The number of rotatable bonds is 9. The lowest BCUT2D eigenvalue weighted by atomic mass is 9.81. The van der Waals surface area contributed by atoms with Gasteiger partial charge in [0.05, 0.1) is 36.9 Å². The van der Waals surface area contributed by atoms with Crippen molar-refractivity contribution < 1.29 is 28.8 Å². The smallest absolute Gasteiger partial charge is 0.497 e. The maximum Gasteiger partial charge on any atom is 0.508 e. The minimum absolute atomic E-state index is 0.00140. The molecule has 0 spiro atoms. The van der Waals surface area contributed by atoms with Gasteiger partial charge >= 0.3 is 6.16 Å². The maximum absolute atomic E-state index is 11.9. The first-order valence-corrected chi connectivity index (χ1v) is 14.4. The molecular weight excluding hydrogens is 508 g/mol. The lowest BCUT2D eigenvalue weighted by Gasteiger charge is -2.34. The summed E-state index contributed by atoms with van der Waals surface area (Å²) in [6.45, 7) is 2.54. The van der Waals surface area contributed by atoms with Crippen molar-refractivity contribution in [2.75, 3.05) is 20.3 Å². The molecule has 2 aliphatic carbocycles. The first-order chi connectivity index (χ1) is 19.4. The third kappa shape index (κ3) is 6.85. The van der Waals surface area contributed by atoms with Crippen LogP contribution in [0.15, 0.2) is 54.6 Å². The van der Waals surface area contributed by atoms with Crippen molar-refractivity contribution in [3.63, 3.8) is 0 Å². The number of carbonyl (C=O) groups is 1. The van der Waals surface area contributed by atoms with Gasteiger partial charge < -0.3 is 24.1 Å². The maximum atomic E-state index is 11.9. The fraction of sp³-hybridized carbons (Fsp3) is 0.500. The molecule has 0 unspecified atom stereocenters. The topological polar surface area (TPSA) is 92.0 Å². The van der Waals surface area contributed by atoms with Gasteiger partial charge in [0, 0.05) is 5.56 Å². The largest absolute Gasteiger partial charge is 0.508 e. The van der Waals surface area contributed by atoms with Gasteiger partial charge in [0.2, 0.25) is 0 Å². The number of aliphatic hydroxyl groups is 1. The Hall–Kier alpha value is -3.36. The van der Waals surface area contributed by atoms with Crippen LogP contribution in [0, 0.1) is 6.92 Å². The highest BCUT2D eigenvalue weighted by Gasteiger charge is 2.38. The van der Waals surface area contributed by atoms with Crippen molar-refractivity contribution >= 4 is 6.16 Å². The van der Waals surface area contributed by atoms with Gasteiger partial charge in [0.25, 0.3) is 0 Å². The number of methoxy groups -OCH3 is 1.